The van der Waals surface area contributed by atoms with E-state index in [0.717, 1.165) is 32.1 Å². The standard InChI is InChI=1S/C24H23Cl2N3O2/c1-15-22(30)21(16-10-12-18(25)13-11-16)23(27-24(31)17-6-3-2-4-7-17)29(28-15)20-9-5-8-19(26)14-20/h5,8-14,17H,2-4,6-7H2,1H3,(H,27,31). The molecule has 1 aliphatic rings. The topological polar surface area (TPSA) is 64.0 Å². The van der Waals surface area contributed by atoms with Crippen LogP contribution in [-0.4, -0.2) is 15.7 Å². The molecule has 0 atom stereocenters. The molecule has 0 spiro atoms. The maximum atomic E-state index is 13.2. The lowest BCUT2D eigenvalue weighted by molar-refractivity contribution is -0.120. The second kappa shape index (κ2) is 9.25. The maximum absolute atomic E-state index is 13.2. The molecule has 7 heteroatoms. The highest BCUT2D eigenvalue weighted by Gasteiger charge is 2.25. The molecule has 5 nitrogen and oxygen atoms in total. The number of anilines is 1. The monoisotopic (exact) mass is 455 g/mol. The minimum Gasteiger partial charge on any atom is -0.310 e. The Kier molecular flexibility index (Phi) is 6.44. The fourth-order valence-electron chi connectivity index (χ4n) is 4.02. The van der Waals surface area contributed by atoms with Gasteiger partial charge in [0.2, 0.25) is 11.3 Å². The number of amides is 1. The fraction of sp³-hybridized carbons (Fsp3) is 0.292. The van der Waals surface area contributed by atoms with Gasteiger partial charge >= 0.3 is 0 Å². The summed E-state index contributed by atoms with van der Waals surface area (Å²) >= 11 is 12.3. The van der Waals surface area contributed by atoms with Gasteiger partial charge in [-0.25, -0.2) is 4.68 Å². The first-order chi connectivity index (χ1) is 14.9. The van der Waals surface area contributed by atoms with E-state index in [-0.39, 0.29) is 17.3 Å². The van der Waals surface area contributed by atoms with Crippen molar-refractivity contribution in [3.8, 4) is 16.8 Å². The van der Waals surface area contributed by atoms with E-state index in [1.54, 1.807) is 48.0 Å². The minimum atomic E-state index is -0.237. The molecule has 1 saturated carbocycles. The Labute approximate surface area is 191 Å². The SMILES string of the molecule is Cc1nn(-c2cccc(Cl)c2)c(NC(=O)C2CCCCC2)c(-c2ccc(Cl)cc2)c1=O. The van der Waals surface area contributed by atoms with Gasteiger partial charge in [0.05, 0.1) is 11.3 Å². The first-order valence-corrected chi connectivity index (χ1v) is 11.2. The zero-order valence-corrected chi connectivity index (χ0v) is 18.7. The summed E-state index contributed by atoms with van der Waals surface area (Å²) in [6, 6.07) is 14.2. The van der Waals surface area contributed by atoms with Gasteiger partial charge in [-0.3, -0.25) is 9.59 Å². The molecule has 160 valence electrons. The fourth-order valence-corrected chi connectivity index (χ4v) is 4.33. The molecule has 3 aromatic rings. The van der Waals surface area contributed by atoms with E-state index in [0.29, 0.717) is 38.4 Å². The molecule has 1 amide bonds. The highest BCUT2D eigenvalue weighted by Crippen LogP contribution is 2.31. The van der Waals surface area contributed by atoms with E-state index < -0.39 is 0 Å². The van der Waals surface area contributed by atoms with Gasteiger partial charge < -0.3 is 5.32 Å². The quantitative estimate of drug-likeness (QED) is 0.521. The lowest BCUT2D eigenvalue weighted by atomic mass is 9.88. The molecular formula is C24H23Cl2N3O2. The summed E-state index contributed by atoms with van der Waals surface area (Å²) in [4.78, 5) is 26.3. The molecule has 31 heavy (non-hydrogen) atoms. The number of aromatic nitrogens is 2. The third-order valence-corrected chi connectivity index (χ3v) is 6.14. The highest BCUT2D eigenvalue weighted by molar-refractivity contribution is 6.31. The molecule has 0 bridgehead atoms. The number of benzene rings is 2. The van der Waals surface area contributed by atoms with Gasteiger partial charge in [0.25, 0.3) is 0 Å². The van der Waals surface area contributed by atoms with E-state index >= 15 is 0 Å². The van der Waals surface area contributed by atoms with Crippen LogP contribution in [-0.2, 0) is 4.79 Å². The predicted octanol–water partition coefficient (Wildman–Crippen LogP) is 6.03. The smallest absolute Gasteiger partial charge is 0.228 e. The molecular weight excluding hydrogens is 433 g/mol. The predicted molar refractivity (Wildman–Crippen MR) is 125 cm³/mol. The Hall–Kier alpha value is -2.63. The summed E-state index contributed by atoms with van der Waals surface area (Å²) in [5.74, 6) is 0.183. The van der Waals surface area contributed by atoms with Gasteiger partial charge in [0, 0.05) is 16.0 Å². The number of hydrogen-bond donors (Lipinski definition) is 1. The first-order valence-electron chi connectivity index (χ1n) is 10.4. The highest BCUT2D eigenvalue weighted by atomic mass is 35.5. The lowest BCUT2D eigenvalue weighted by Crippen LogP contribution is -2.29. The van der Waals surface area contributed by atoms with Crippen molar-refractivity contribution in [2.75, 3.05) is 5.32 Å². The van der Waals surface area contributed by atoms with Crippen molar-refractivity contribution in [1.29, 1.82) is 0 Å². The Morgan fingerprint density at radius 2 is 1.74 bits per heavy atom. The molecule has 1 fully saturated rings. The summed E-state index contributed by atoms with van der Waals surface area (Å²) in [6.45, 7) is 1.66. The van der Waals surface area contributed by atoms with Crippen molar-refractivity contribution < 1.29 is 4.79 Å². The van der Waals surface area contributed by atoms with Crippen molar-refractivity contribution in [1.82, 2.24) is 9.78 Å². The van der Waals surface area contributed by atoms with Crippen LogP contribution in [0, 0.1) is 12.8 Å². The Morgan fingerprint density at radius 1 is 1.03 bits per heavy atom. The number of rotatable bonds is 4. The molecule has 4 rings (SSSR count). The van der Waals surface area contributed by atoms with Crippen molar-refractivity contribution in [3.05, 3.63) is 74.5 Å². The molecule has 0 unspecified atom stereocenters. The van der Waals surface area contributed by atoms with Crippen molar-refractivity contribution in [3.63, 3.8) is 0 Å². The average Bonchev–Trinajstić information content (AvgIpc) is 2.78. The zero-order chi connectivity index (χ0) is 22.0. The maximum Gasteiger partial charge on any atom is 0.228 e. The van der Waals surface area contributed by atoms with Crippen molar-refractivity contribution in [2.24, 2.45) is 5.92 Å². The third-order valence-electron chi connectivity index (χ3n) is 5.66. The number of aryl methyl sites for hydroxylation is 1. The summed E-state index contributed by atoms with van der Waals surface area (Å²) in [5, 5.41) is 8.63. The Bertz CT molecular complexity index is 1170. The molecule has 1 N–H and O–H groups in total. The molecule has 1 aliphatic carbocycles. The number of nitrogens with zero attached hydrogens (tertiary/aromatic N) is 2. The molecule has 0 aliphatic heterocycles. The van der Waals surface area contributed by atoms with E-state index in [1.165, 1.54) is 0 Å². The molecule has 1 aromatic heterocycles. The number of carbonyl (C=O) groups is 1. The van der Waals surface area contributed by atoms with Crippen LogP contribution in [0.2, 0.25) is 10.0 Å². The summed E-state index contributed by atoms with van der Waals surface area (Å²) in [7, 11) is 0. The van der Waals surface area contributed by atoms with E-state index in [1.807, 2.05) is 12.1 Å². The van der Waals surface area contributed by atoms with Crippen LogP contribution in [0.25, 0.3) is 16.8 Å². The molecule has 2 aromatic carbocycles. The van der Waals surface area contributed by atoms with Gasteiger partial charge in [0.15, 0.2) is 0 Å². The van der Waals surface area contributed by atoms with Crippen LogP contribution < -0.4 is 10.7 Å². The van der Waals surface area contributed by atoms with E-state index in [2.05, 4.69) is 10.4 Å². The largest absolute Gasteiger partial charge is 0.310 e. The van der Waals surface area contributed by atoms with Crippen LogP contribution in [0.3, 0.4) is 0 Å². The van der Waals surface area contributed by atoms with Gasteiger partial charge in [-0.15, -0.1) is 0 Å². The first kappa shape index (κ1) is 21.6. The second-order valence-corrected chi connectivity index (χ2v) is 8.73. The van der Waals surface area contributed by atoms with Crippen LogP contribution in [0.4, 0.5) is 5.82 Å². The number of halogens is 2. The lowest BCUT2D eigenvalue weighted by Gasteiger charge is -2.23. The Balaban J connectivity index is 1.91. The van der Waals surface area contributed by atoms with Gasteiger partial charge in [-0.2, -0.15) is 5.10 Å². The van der Waals surface area contributed by atoms with Gasteiger partial charge in [0.1, 0.15) is 11.5 Å². The number of carbonyl (C=O) groups excluding carboxylic acids is 1. The van der Waals surface area contributed by atoms with Crippen LogP contribution >= 0.6 is 23.2 Å². The molecule has 0 saturated heterocycles. The van der Waals surface area contributed by atoms with Crippen molar-refractivity contribution >= 4 is 34.9 Å². The van der Waals surface area contributed by atoms with Crippen LogP contribution in [0.1, 0.15) is 37.8 Å². The third kappa shape index (κ3) is 4.68. The molecule has 1 heterocycles. The van der Waals surface area contributed by atoms with E-state index in [4.69, 9.17) is 23.2 Å². The van der Waals surface area contributed by atoms with Gasteiger partial charge in [-0.1, -0.05) is 60.7 Å². The van der Waals surface area contributed by atoms with Gasteiger partial charge in [-0.05, 0) is 55.7 Å². The summed E-state index contributed by atoms with van der Waals surface area (Å²) in [6.07, 6.45) is 4.93. The number of nitrogens with one attached hydrogen (secondary N) is 1. The second-order valence-electron chi connectivity index (χ2n) is 7.86. The zero-order valence-electron chi connectivity index (χ0n) is 17.2. The number of hydrogen-bond acceptors (Lipinski definition) is 3. The Morgan fingerprint density at radius 3 is 2.42 bits per heavy atom. The normalized spacial score (nSPS) is 14.4. The molecule has 0 radical (unpaired) electrons. The van der Waals surface area contributed by atoms with Crippen LogP contribution in [0.5, 0.6) is 0 Å². The summed E-state index contributed by atoms with van der Waals surface area (Å²) in [5.41, 5.74) is 1.79. The average molecular weight is 456 g/mol. The van der Waals surface area contributed by atoms with Crippen LogP contribution in [0.15, 0.2) is 53.3 Å². The van der Waals surface area contributed by atoms with Crippen molar-refractivity contribution in [2.45, 2.75) is 39.0 Å². The minimum absolute atomic E-state index is 0.0731. The van der Waals surface area contributed by atoms with E-state index in [9.17, 15) is 9.59 Å². The summed E-state index contributed by atoms with van der Waals surface area (Å²) < 4.78 is 1.59.